The molecule has 17 heavy (non-hydrogen) atoms. The fraction of sp³-hybridized carbons (Fsp3) is 0.462. The number of benzene rings is 1. The quantitative estimate of drug-likeness (QED) is 0.838. The summed E-state index contributed by atoms with van der Waals surface area (Å²) < 4.78 is 0. The zero-order chi connectivity index (χ0) is 12.4. The van der Waals surface area contributed by atoms with E-state index in [0.717, 1.165) is 11.4 Å². The van der Waals surface area contributed by atoms with Gasteiger partial charge in [-0.05, 0) is 31.2 Å². The minimum absolute atomic E-state index is 0.0764. The van der Waals surface area contributed by atoms with Gasteiger partial charge in [0.15, 0.2) is 5.78 Å². The van der Waals surface area contributed by atoms with E-state index in [4.69, 9.17) is 0 Å². The minimum atomic E-state index is -0.104. The van der Waals surface area contributed by atoms with E-state index < -0.39 is 0 Å². The molecule has 1 aliphatic rings. The lowest BCUT2D eigenvalue weighted by atomic mass is 10.1. The van der Waals surface area contributed by atoms with Gasteiger partial charge in [-0.1, -0.05) is 0 Å². The second-order valence-corrected chi connectivity index (χ2v) is 5.54. The lowest BCUT2D eigenvalue weighted by Gasteiger charge is -2.26. The Morgan fingerprint density at radius 2 is 2.29 bits per heavy atom. The maximum atomic E-state index is 11.2. The first-order valence-corrected chi connectivity index (χ1v) is 6.89. The van der Waals surface area contributed by atoms with Crippen LogP contribution in [-0.4, -0.2) is 35.5 Å². The molecule has 4 heteroatoms. The summed E-state index contributed by atoms with van der Waals surface area (Å²) in [6.07, 6.45) is 1.18. The van der Waals surface area contributed by atoms with Gasteiger partial charge in [-0.25, -0.2) is 0 Å². The number of carbonyl (C=O) groups is 1. The van der Waals surface area contributed by atoms with Gasteiger partial charge in [0.05, 0.1) is 5.56 Å². The third kappa shape index (κ3) is 2.57. The number of anilines is 1. The molecule has 3 nitrogen and oxygen atoms in total. The molecule has 1 unspecified atom stereocenters. The zero-order valence-electron chi connectivity index (χ0n) is 10.1. The van der Waals surface area contributed by atoms with Crippen molar-refractivity contribution in [2.45, 2.75) is 19.4 Å². The molecule has 92 valence electrons. The van der Waals surface area contributed by atoms with Crippen LogP contribution in [0.15, 0.2) is 18.2 Å². The third-order valence-corrected chi connectivity index (χ3v) is 4.37. The standard InChI is InChI=1S/C13H17NO2S/c1-9(15)12-4-3-10(7-13(12)16)14(2)11-5-6-17-8-11/h3-4,7,11,16H,5-6,8H2,1-2H3. The number of ketones is 1. The number of thioether (sulfide) groups is 1. The number of carbonyl (C=O) groups excluding carboxylic acids is 1. The lowest BCUT2D eigenvalue weighted by molar-refractivity contribution is 0.101. The average Bonchev–Trinajstić information content (AvgIpc) is 2.80. The van der Waals surface area contributed by atoms with Crippen LogP contribution in [0.25, 0.3) is 0 Å². The molecule has 0 aliphatic carbocycles. The van der Waals surface area contributed by atoms with Crippen LogP contribution in [-0.2, 0) is 0 Å². The van der Waals surface area contributed by atoms with Crippen LogP contribution < -0.4 is 4.90 Å². The van der Waals surface area contributed by atoms with Crippen LogP contribution in [0, 0.1) is 0 Å². The summed E-state index contributed by atoms with van der Waals surface area (Å²) in [4.78, 5) is 13.4. The van der Waals surface area contributed by atoms with E-state index in [2.05, 4.69) is 4.90 Å². The van der Waals surface area contributed by atoms with E-state index in [1.54, 1.807) is 12.1 Å². The Bertz CT molecular complexity index is 427. The monoisotopic (exact) mass is 251 g/mol. The Morgan fingerprint density at radius 1 is 1.53 bits per heavy atom. The van der Waals surface area contributed by atoms with Crippen molar-refractivity contribution in [2.75, 3.05) is 23.5 Å². The fourth-order valence-corrected chi connectivity index (χ4v) is 3.34. The first kappa shape index (κ1) is 12.3. The van der Waals surface area contributed by atoms with E-state index in [1.165, 1.54) is 19.1 Å². The number of aromatic hydroxyl groups is 1. The van der Waals surface area contributed by atoms with Crippen LogP contribution in [0.5, 0.6) is 5.75 Å². The molecule has 1 N–H and O–H groups in total. The summed E-state index contributed by atoms with van der Waals surface area (Å²) in [5, 5.41) is 9.80. The number of phenolic OH excluding ortho intramolecular Hbond substituents is 1. The van der Waals surface area contributed by atoms with Crippen molar-refractivity contribution >= 4 is 23.2 Å². The lowest BCUT2D eigenvalue weighted by Crippen LogP contribution is -2.31. The Hall–Kier alpha value is -1.16. The largest absolute Gasteiger partial charge is 0.507 e. The number of hydrogen-bond donors (Lipinski definition) is 1. The second kappa shape index (κ2) is 5.00. The van der Waals surface area contributed by atoms with Crippen molar-refractivity contribution in [3.8, 4) is 5.75 Å². The molecular weight excluding hydrogens is 234 g/mol. The van der Waals surface area contributed by atoms with E-state index >= 15 is 0 Å². The average molecular weight is 251 g/mol. The molecule has 0 amide bonds. The van der Waals surface area contributed by atoms with Crippen LogP contribution in [0.3, 0.4) is 0 Å². The molecule has 1 fully saturated rings. The zero-order valence-corrected chi connectivity index (χ0v) is 11.0. The molecule has 1 atom stereocenters. The summed E-state index contributed by atoms with van der Waals surface area (Å²) in [5.74, 6) is 2.30. The SMILES string of the molecule is CC(=O)c1ccc(N(C)C2CCSC2)cc1O. The topological polar surface area (TPSA) is 40.5 Å². The maximum Gasteiger partial charge on any atom is 0.163 e. The van der Waals surface area contributed by atoms with E-state index in [0.29, 0.717) is 11.6 Å². The summed E-state index contributed by atoms with van der Waals surface area (Å²) >= 11 is 1.96. The summed E-state index contributed by atoms with van der Waals surface area (Å²) in [7, 11) is 2.04. The Morgan fingerprint density at radius 3 is 2.82 bits per heavy atom. The molecular formula is C13H17NO2S. The molecule has 2 rings (SSSR count). The minimum Gasteiger partial charge on any atom is -0.507 e. The highest BCUT2D eigenvalue weighted by Crippen LogP contribution is 2.29. The van der Waals surface area contributed by atoms with Gasteiger partial charge in [-0.3, -0.25) is 4.79 Å². The van der Waals surface area contributed by atoms with Crippen molar-refractivity contribution in [3.63, 3.8) is 0 Å². The highest BCUT2D eigenvalue weighted by molar-refractivity contribution is 7.99. The van der Waals surface area contributed by atoms with Gasteiger partial charge in [-0.2, -0.15) is 11.8 Å². The first-order chi connectivity index (χ1) is 8.09. The Balaban J connectivity index is 2.21. The van der Waals surface area contributed by atoms with Gasteiger partial charge in [0.2, 0.25) is 0 Å². The molecule has 1 aromatic rings. The van der Waals surface area contributed by atoms with Crippen LogP contribution >= 0.6 is 11.8 Å². The van der Waals surface area contributed by atoms with Gasteiger partial charge < -0.3 is 10.0 Å². The number of nitrogens with zero attached hydrogens (tertiary/aromatic N) is 1. The summed E-state index contributed by atoms with van der Waals surface area (Å²) in [6, 6.07) is 5.81. The van der Waals surface area contributed by atoms with Gasteiger partial charge >= 0.3 is 0 Å². The molecule has 0 spiro atoms. The van der Waals surface area contributed by atoms with Crippen molar-refractivity contribution in [1.29, 1.82) is 0 Å². The van der Waals surface area contributed by atoms with Gasteiger partial charge in [0.25, 0.3) is 0 Å². The maximum absolute atomic E-state index is 11.2. The molecule has 0 radical (unpaired) electrons. The van der Waals surface area contributed by atoms with Crippen molar-refractivity contribution in [2.24, 2.45) is 0 Å². The van der Waals surface area contributed by atoms with Crippen LogP contribution in [0.1, 0.15) is 23.7 Å². The first-order valence-electron chi connectivity index (χ1n) is 5.74. The Labute approximate surface area is 106 Å². The van der Waals surface area contributed by atoms with Crippen LogP contribution in [0.4, 0.5) is 5.69 Å². The van der Waals surface area contributed by atoms with Gasteiger partial charge in [-0.15, -0.1) is 0 Å². The van der Waals surface area contributed by atoms with E-state index in [-0.39, 0.29) is 11.5 Å². The number of Topliss-reactive ketones (excluding diaryl/α,β-unsaturated/α-hetero) is 1. The van der Waals surface area contributed by atoms with E-state index in [1.807, 2.05) is 24.9 Å². The molecule has 0 aromatic heterocycles. The molecule has 1 heterocycles. The van der Waals surface area contributed by atoms with Gasteiger partial charge in [0.1, 0.15) is 5.75 Å². The fourth-order valence-electron chi connectivity index (χ4n) is 2.08. The number of hydrogen-bond acceptors (Lipinski definition) is 4. The van der Waals surface area contributed by atoms with Crippen molar-refractivity contribution < 1.29 is 9.90 Å². The Kier molecular flexibility index (Phi) is 3.62. The highest BCUT2D eigenvalue weighted by Gasteiger charge is 2.21. The van der Waals surface area contributed by atoms with E-state index in [9.17, 15) is 9.90 Å². The summed E-state index contributed by atoms with van der Waals surface area (Å²) in [5.41, 5.74) is 1.36. The highest BCUT2D eigenvalue weighted by atomic mass is 32.2. The predicted molar refractivity (Wildman–Crippen MR) is 72.2 cm³/mol. The number of rotatable bonds is 3. The summed E-state index contributed by atoms with van der Waals surface area (Å²) in [6.45, 7) is 1.46. The van der Waals surface area contributed by atoms with Crippen LogP contribution in [0.2, 0.25) is 0 Å². The van der Waals surface area contributed by atoms with Crippen molar-refractivity contribution in [1.82, 2.24) is 0 Å². The third-order valence-electron chi connectivity index (χ3n) is 3.22. The molecule has 0 bridgehead atoms. The molecule has 1 aliphatic heterocycles. The predicted octanol–water partition coefficient (Wildman–Crippen LogP) is 2.54. The number of phenols is 1. The van der Waals surface area contributed by atoms with Crippen molar-refractivity contribution in [3.05, 3.63) is 23.8 Å². The van der Waals surface area contributed by atoms with Gasteiger partial charge in [0, 0.05) is 30.6 Å². The second-order valence-electron chi connectivity index (χ2n) is 4.39. The molecule has 0 saturated carbocycles. The smallest absolute Gasteiger partial charge is 0.163 e. The molecule has 1 aromatic carbocycles. The normalized spacial score (nSPS) is 19.3. The molecule has 1 saturated heterocycles.